The molecule has 3 aromatic rings. The van der Waals surface area contributed by atoms with Gasteiger partial charge in [-0.3, -0.25) is 14.5 Å². The summed E-state index contributed by atoms with van der Waals surface area (Å²) in [5, 5.41) is 4.86. The minimum absolute atomic E-state index is 0.0690. The van der Waals surface area contributed by atoms with Crippen molar-refractivity contribution in [2.45, 2.75) is 6.92 Å². The number of benzene rings is 3. The van der Waals surface area contributed by atoms with Crippen LogP contribution in [-0.2, 0) is 9.59 Å². The van der Waals surface area contributed by atoms with Gasteiger partial charge in [-0.2, -0.15) is 0 Å². The van der Waals surface area contributed by atoms with Crippen LogP contribution in [0.2, 0.25) is 0 Å². The number of hydrogen-bond donors (Lipinski definition) is 1. The fraction of sp³-hybridized carbons (Fsp3) is 0.125. The van der Waals surface area contributed by atoms with Gasteiger partial charge in [0.15, 0.2) is 6.61 Å². The predicted molar refractivity (Wildman–Crippen MR) is 130 cm³/mol. The van der Waals surface area contributed by atoms with Crippen LogP contribution in [-0.4, -0.2) is 34.2 Å². The molecule has 7 heteroatoms. The second-order valence-corrected chi connectivity index (χ2v) is 8.54. The summed E-state index contributed by atoms with van der Waals surface area (Å²) in [6.45, 7) is 2.37. The fourth-order valence-corrected chi connectivity index (χ4v) is 4.63. The zero-order valence-electron chi connectivity index (χ0n) is 16.8. The van der Waals surface area contributed by atoms with E-state index in [2.05, 4.69) is 5.32 Å². The van der Waals surface area contributed by atoms with E-state index in [1.54, 1.807) is 17.0 Å². The Hall–Kier alpha value is -3.16. The summed E-state index contributed by atoms with van der Waals surface area (Å²) in [6.07, 6.45) is 1.81. The Morgan fingerprint density at radius 2 is 1.84 bits per heavy atom. The summed E-state index contributed by atoms with van der Waals surface area (Å²) in [5.41, 5.74) is 1.52. The molecule has 0 aliphatic carbocycles. The number of amides is 2. The Morgan fingerprint density at radius 3 is 2.58 bits per heavy atom. The van der Waals surface area contributed by atoms with Crippen molar-refractivity contribution >= 4 is 62.7 Å². The summed E-state index contributed by atoms with van der Waals surface area (Å²) in [6, 6.07) is 20.9. The molecule has 2 amide bonds. The molecular formula is C24H20N2O3S2. The molecule has 0 bridgehead atoms. The molecule has 1 saturated heterocycles. The molecule has 0 unspecified atom stereocenters. The number of ether oxygens (including phenoxy) is 1. The van der Waals surface area contributed by atoms with E-state index in [4.69, 9.17) is 17.0 Å². The first-order valence-corrected chi connectivity index (χ1v) is 11.0. The van der Waals surface area contributed by atoms with Gasteiger partial charge < -0.3 is 10.1 Å². The Morgan fingerprint density at radius 1 is 1.10 bits per heavy atom. The van der Waals surface area contributed by atoms with E-state index in [0.717, 1.165) is 16.3 Å². The lowest BCUT2D eigenvalue weighted by atomic mass is 10.1. The monoisotopic (exact) mass is 448 g/mol. The van der Waals surface area contributed by atoms with Crippen LogP contribution in [0.5, 0.6) is 5.75 Å². The minimum Gasteiger partial charge on any atom is -0.483 e. The third-order valence-electron chi connectivity index (χ3n) is 4.79. The molecule has 1 heterocycles. The highest BCUT2D eigenvalue weighted by Crippen LogP contribution is 2.32. The van der Waals surface area contributed by atoms with Gasteiger partial charge in [0.05, 0.1) is 4.91 Å². The number of carbonyl (C=O) groups excluding carboxylic acids is 2. The maximum absolute atomic E-state index is 12.3. The molecule has 5 nitrogen and oxygen atoms in total. The van der Waals surface area contributed by atoms with Crippen LogP contribution in [0.3, 0.4) is 0 Å². The van der Waals surface area contributed by atoms with Gasteiger partial charge in [0.1, 0.15) is 10.1 Å². The van der Waals surface area contributed by atoms with E-state index >= 15 is 0 Å². The summed E-state index contributed by atoms with van der Waals surface area (Å²) in [7, 11) is 0. The molecule has 1 aliphatic heterocycles. The molecule has 1 aliphatic rings. The zero-order chi connectivity index (χ0) is 21.8. The van der Waals surface area contributed by atoms with Crippen molar-refractivity contribution in [3.63, 3.8) is 0 Å². The molecule has 1 fully saturated rings. The molecule has 0 saturated carbocycles. The number of fused-ring (bicyclic) bond motifs is 1. The van der Waals surface area contributed by atoms with E-state index in [9.17, 15) is 9.59 Å². The number of nitrogens with zero attached hydrogens (tertiary/aromatic N) is 1. The quantitative estimate of drug-likeness (QED) is 0.421. The van der Waals surface area contributed by atoms with Crippen molar-refractivity contribution in [1.29, 1.82) is 0 Å². The first-order valence-electron chi connectivity index (χ1n) is 9.81. The van der Waals surface area contributed by atoms with Crippen molar-refractivity contribution < 1.29 is 14.3 Å². The smallest absolute Gasteiger partial charge is 0.266 e. The maximum Gasteiger partial charge on any atom is 0.266 e. The van der Waals surface area contributed by atoms with Gasteiger partial charge in [-0.05, 0) is 42.1 Å². The lowest BCUT2D eigenvalue weighted by Gasteiger charge is -2.10. The van der Waals surface area contributed by atoms with Crippen molar-refractivity contribution in [1.82, 2.24) is 4.90 Å². The molecule has 0 atom stereocenters. The molecule has 0 aromatic heterocycles. The number of carbonyl (C=O) groups is 2. The third kappa shape index (κ3) is 4.78. The Balaban J connectivity index is 1.37. The van der Waals surface area contributed by atoms with Crippen LogP contribution >= 0.6 is 24.0 Å². The van der Waals surface area contributed by atoms with Gasteiger partial charge in [-0.15, -0.1) is 0 Å². The van der Waals surface area contributed by atoms with Crippen molar-refractivity contribution in [3.8, 4) is 5.75 Å². The topological polar surface area (TPSA) is 58.6 Å². The highest BCUT2D eigenvalue weighted by molar-refractivity contribution is 8.26. The first-order chi connectivity index (χ1) is 15.0. The average molecular weight is 449 g/mol. The molecule has 0 radical (unpaired) electrons. The Kier molecular flexibility index (Phi) is 6.34. The van der Waals surface area contributed by atoms with Crippen LogP contribution in [0.1, 0.15) is 12.5 Å². The van der Waals surface area contributed by atoms with Crippen molar-refractivity contribution in [2.24, 2.45) is 0 Å². The van der Waals surface area contributed by atoms with Gasteiger partial charge >= 0.3 is 0 Å². The number of thioether (sulfide) groups is 1. The molecule has 0 spiro atoms. The summed E-state index contributed by atoms with van der Waals surface area (Å²) < 4.78 is 6.31. The number of hydrogen-bond acceptors (Lipinski definition) is 5. The second kappa shape index (κ2) is 9.32. The first kappa shape index (κ1) is 21.1. The van der Waals surface area contributed by atoms with Crippen LogP contribution < -0.4 is 10.1 Å². The van der Waals surface area contributed by atoms with Crippen molar-refractivity contribution in [3.05, 3.63) is 77.2 Å². The van der Waals surface area contributed by atoms with Crippen LogP contribution in [0.25, 0.3) is 16.8 Å². The number of rotatable bonds is 6. The van der Waals surface area contributed by atoms with E-state index in [1.807, 2.05) is 67.6 Å². The number of likely N-dealkylation sites (N-methyl/N-ethyl adjacent to an activating group) is 1. The number of thiocarbonyl (C=S) groups is 1. The van der Waals surface area contributed by atoms with Crippen LogP contribution in [0.4, 0.5) is 5.69 Å². The van der Waals surface area contributed by atoms with E-state index in [-0.39, 0.29) is 18.4 Å². The van der Waals surface area contributed by atoms with Gasteiger partial charge in [0, 0.05) is 17.6 Å². The lowest BCUT2D eigenvalue weighted by Crippen LogP contribution is -2.27. The SMILES string of the molecule is CCN1C(=O)/C(=C/c2ccc(NC(=O)COc3cccc4ccccc34)cc2)SC1=S. The number of anilines is 1. The Bertz CT molecular complexity index is 1180. The molecule has 156 valence electrons. The fourth-order valence-electron chi connectivity index (χ4n) is 3.25. The Labute approximate surface area is 190 Å². The predicted octanol–water partition coefficient (Wildman–Crippen LogP) is 5.08. The molecular weight excluding hydrogens is 428 g/mol. The standard InChI is InChI=1S/C24H20N2O3S2/c1-2-26-23(28)21(31-24(26)30)14-16-10-12-18(13-11-16)25-22(27)15-29-20-9-5-7-17-6-3-4-8-19(17)20/h3-14H,2,15H2,1H3,(H,25,27)/b21-14-. The van der Waals surface area contributed by atoms with Gasteiger partial charge in [-0.1, -0.05) is 72.5 Å². The van der Waals surface area contributed by atoms with E-state index < -0.39 is 0 Å². The highest BCUT2D eigenvalue weighted by atomic mass is 32.2. The maximum atomic E-state index is 12.3. The normalized spacial score (nSPS) is 15.0. The molecule has 31 heavy (non-hydrogen) atoms. The van der Waals surface area contributed by atoms with Crippen LogP contribution in [0.15, 0.2) is 71.6 Å². The van der Waals surface area contributed by atoms with Gasteiger partial charge in [0.2, 0.25) is 0 Å². The summed E-state index contributed by atoms with van der Waals surface area (Å²) in [5.74, 6) is 0.359. The van der Waals surface area contributed by atoms with Gasteiger partial charge in [-0.25, -0.2) is 0 Å². The second-order valence-electron chi connectivity index (χ2n) is 6.86. The lowest BCUT2D eigenvalue weighted by molar-refractivity contribution is -0.122. The summed E-state index contributed by atoms with van der Waals surface area (Å²) in [4.78, 5) is 26.8. The third-order valence-corrected chi connectivity index (χ3v) is 6.17. The number of nitrogens with one attached hydrogen (secondary N) is 1. The van der Waals surface area contributed by atoms with Gasteiger partial charge in [0.25, 0.3) is 11.8 Å². The highest BCUT2D eigenvalue weighted by Gasteiger charge is 2.30. The van der Waals surface area contributed by atoms with E-state index in [0.29, 0.717) is 27.2 Å². The molecule has 1 N–H and O–H groups in total. The molecule has 4 rings (SSSR count). The minimum atomic E-state index is -0.246. The van der Waals surface area contributed by atoms with E-state index in [1.165, 1.54) is 11.8 Å². The molecule has 3 aromatic carbocycles. The zero-order valence-corrected chi connectivity index (χ0v) is 18.5. The summed E-state index contributed by atoms with van der Waals surface area (Å²) >= 11 is 6.54. The largest absolute Gasteiger partial charge is 0.483 e. The average Bonchev–Trinajstić information content (AvgIpc) is 3.05. The van der Waals surface area contributed by atoms with Crippen molar-refractivity contribution in [2.75, 3.05) is 18.5 Å². The van der Waals surface area contributed by atoms with Crippen LogP contribution in [0, 0.1) is 0 Å².